The van der Waals surface area contributed by atoms with Crippen LogP contribution in [-0.2, 0) is 4.79 Å². The van der Waals surface area contributed by atoms with Gasteiger partial charge in [0.05, 0.1) is 12.5 Å². The summed E-state index contributed by atoms with van der Waals surface area (Å²) < 4.78 is 1.83. The van der Waals surface area contributed by atoms with Crippen molar-refractivity contribution in [3.05, 3.63) is 5.82 Å². The minimum absolute atomic E-state index is 0.100. The summed E-state index contributed by atoms with van der Waals surface area (Å²) in [5.41, 5.74) is 0. The van der Waals surface area contributed by atoms with E-state index in [-0.39, 0.29) is 12.5 Å². The highest BCUT2D eigenvalue weighted by Gasteiger charge is 2.66. The van der Waals surface area contributed by atoms with Gasteiger partial charge in [0, 0.05) is 5.92 Å². The van der Waals surface area contributed by atoms with Gasteiger partial charge >= 0.3 is 5.97 Å². The minimum atomic E-state index is -0.772. The Hall–Kier alpha value is -1.46. The van der Waals surface area contributed by atoms with Gasteiger partial charge in [-0.05, 0) is 59.8 Å². The number of nitrogens with zero attached hydrogens (tertiary/aromatic N) is 4. The lowest BCUT2D eigenvalue weighted by Crippen LogP contribution is -2.18. The van der Waals surface area contributed by atoms with Crippen molar-refractivity contribution in [1.29, 1.82) is 0 Å². The van der Waals surface area contributed by atoms with Gasteiger partial charge < -0.3 is 5.11 Å². The summed E-state index contributed by atoms with van der Waals surface area (Å²) in [6, 6.07) is -0.100. The van der Waals surface area contributed by atoms with Crippen LogP contribution < -0.4 is 0 Å². The van der Waals surface area contributed by atoms with Gasteiger partial charge in [-0.3, -0.25) is 4.79 Å². The molecule has 5 unspecified atom stereocenters. The SMILES string of the molecule is CCCC(CC(=O)O)n1nnnc1C1C2C3CCC(C3)C12. The zero-order valence-electron chi connectivity index (χ0n) is 12.4. The molecule has 0 aliphatic heterocycles. The summed E-state index contributed by atoms with van der Waals surface area (Å²) >= 11 is 0. The fraction of sp³-hybridized carbons (Fsp3) is 0.867. The number of tetrazole rings is 1. The Balaban J connectivity index is 1.58. The van der Waals surface area contributed by atoms with Crippen molar-refractivity contribution in [1.82, 2.24) is 20.2 Å². The van der Waals surface area contributed by atoms with Crippen molar-refractivity contribution in [3.63, 3.8) is 0 Å². The Morgan fingerprint density at radius 2 is 2.10 bits per heavy atom. The molecule has 0 radical (unpaired) electrons. The van der Waals surface area contributed by atoms with Crippen LogP contribution in [0, 0.1) is 23.7 Å². The maximum atomic E-state index is 11.1. The number of aromatic nitrogens is 4. The molecule has 6 nitrogen and oxygen atoms in total. The monoisotopic (exact) mass is 290 g/mol. The Labute approximate surface area is 123 Å². The van der Waals surface area contributed by atoms with Gasteiger partial charge in [0.1, 0.15) is 0 Å². The van der Waals surface area contributed by atoms with Gasteiger partial charge in [-0.15, -0.1) is 5.10 Å². The van der Waals surface area contributed by atoms with Crippen LogP contribution in [-0.4, -0.2) is 31.3 Å². The highest BCUT2D eigenvalue weighted by Crippen LogP contribution is 2.72. The molecule has 3 aliphatic rings. The maximum Gasteiger partial charge on any atom is 0.305 e. The summed E-state index contributed by atoms with van der Waals surface area (Å²) in [5, 5.41) is 21.4. The third-order valence-electron chi connectivity index (χ3n) is 5.93. The lowest BCUT2D eigenvalue weighted by atomic mass is 10.0. The summed E-state index contributed by atoms with van der Waals surface area (Å²) in [6.45, 7) is 2.07. The van der Waals surface area contributed by atoms with Crippen molar-refractivity contribution in [2.75, 3.05) is 0 Å². The standard InChI is InChI=1S/C15H22N4O2/c1-2-3-10(7-11(20)21)19-15(16-17-18-19)14-12-8-4-5-9(6-8)13(12)14/h8-10,12-14H,2-7H2,1H3,(H,20,21). The summed E-state index contributed by atoms with van der Waals surface area (Å²) in [7, 11) is 0. The number of fused-ring (bicyclic) bond motifs is 5. The zero-order valence-corrected chi connectivity index (χ0v) is 12.4. The molecule has 1 aromatic heterocycles. The molecule has 114 valence electrons. The first-order chi connectivity index (χ1) is 10.2. The van der Waals surface area contributed by atoms with Crippen molar-refractivity contribution >= 4 is 5.97 Å². The van der Waals surface area contributed by atoms with Crippen LogP contribution >= 0.6 is 0 Å². The van der Waals surface area contributed by atoms with E-state index in [2.05, 4.69) is 22.4 Å². The molecule has 2 bridgehead atoms. The van der Waals surface area contributed by atoms with Gasteiger partial charge in [-0.25, -0.2) is 4.68 Å². The van der Waals surface area contributed by atoms with Gasteiger partial charge in [0.15, 0.2) is 5.82 Å². The van der Waals surface area contributed by atoms with Gasteiger partial charge in [-0.1, -0.05) is 13.3 Å². The maximum absolute atomic E-state index is 11.1. The quantitative estimate of drug-likeness (QED) is 0.869. The van der Waals surface area contributed by atoms with Crippen LogP contribution in [0.2, 0.25) is 0 Å². The Bertz CT molecular complexity index is 542. The van der Waals surface area contributed by atoms with E-state index in [4.69, 9.17) is 5.11 Å². The molecular weight excluding hydrogens is 268 g/mol. The van der Waals surface area contributed by atoms with E-state index in [1.54, 1.807) is 0 Å². The van der Waals surface area contributed by atoms with Crippen molar-refractivity contribution in [2.24, 2.45) is 23.7 Å². The van der Waals surface area contributed by atoms with E-state index in [9.17, 15) is 4.79 Å². The van der Waals surface area contributed by atoms with Crippen LogP contribution in [0.15, 0.2) is 0 Å². The Morgan fingerprint density at radius 1 is 1.38 bits per heavy atom. The van der Waals surface area contributed by atoms with Crippen LogP contribution in [0.25, 0.3) is 0 Å². The number of carbonyl (C=O) groups is 1. The lowest BCUT2D eigenvalue weighted by molar-refractivity contribution is -0.138. The first-order valence-corrected chi connectivity index (χ1v) is 8.20. The largest absolute Gasteiger partial charge is 0.481 e. The molecule has 21 heavy (non-hydrogen) atoms. The first kappa shape index (κ1) is 13.2. The summed E-state index contributed by atoms with van der Waals surface area (Å²) in [6.07, 6.45) is 6.02. The molecule has 0 aromatic carbocycles. The summed E-state index contributed by atoms with van der Waals surface area (Å²) in [5.74, 6) is 3.99. The van der Waals surface area contributed by atoms with E-state index < -0.39 is 5.97 Å². The van der Waals surface area contributed by atoms with E-state index in [1.165, 1.54) is 19.3 Å². The van der Waals surface area contributed by atoms with Gasteiger partial charge in [-0.2, -0.15) is 0 Å². The molecule has 0 amide bonds. The zero-order chi connectivity index (χ0) is 14.6. The molecule has 1 N–H and O–H groups in total. The van der Waals surface area contributed by atoms with E-state index >= 15 is 0 Å². The number of hydrogen-bond acceptors (Lipinski definition) is 4. The van der Waals surface area contributed by atoms with E-state index in [0.717, 1.165) is 42.3 Å². The molecule has 1 heterocycles. The first-order valence-electron chi connectivity index (χ1n) is 8.20. The topological polar surface area (TPSA) is 80.9 Å². The molecule has 0 spiro atoms. The average molecular weight is 290 g/mol. The molecule has 1 aromatic rings. The van der Waals surface area contributed by atoms with Crippen LogP contribution in [0.5, 0.6) is 0 Å². The molecule has 3 saturated carbocycles. The van der Waals surface area contributed by atoms with Crippen molar-refractivity contribution in [2.45, 2.75) is 57.4 Å². The fourth-order valence-corrected chi connectivity index (χ4v) is 5.20. The second kappa shape index (κ2) is 4.78. The van der Waals surface area contributed by atoms with E-state index in [0.29, 0.717) is 5.92 Å². The molecule has 5 atom stereocenters. The van der Waals surface area contributed by atoms with Gasteiger partial charge in [0.2, 0.25) is 0 Å². The number of aliphatic carboxylic acids is 1. The number of rotatable bonds is 6. The van der Waals surface area contributed by atoms with Crippen molar-refractivity contribution < 1.29 is 9.90 Å². The molecule has 3 aliphatic carbocycles. The molecule has 4 rings (SSSR count). The average Bonchev–Trinajstić information content (AvgIpc) is 2.88. The van der Waals surface area contributed by atoms with Crippen LogP contribution in [0.1, 0.15) is 63.2 Å². The number of carboxylic acids is 1. The molecule has 3 fully saturated rings. The van der Waals surface area contributed by atoms with Crippen molar-refractivity contribution in [3.8, 4) is 0 Å². The minimum Gasteiger partial charge on any atom is -0.481 e. The fourth-order valence-electron chi connectivity index (χ4n) is 5.20. The smallest absolute Gasteiger partial charge is 0.305 e. The highest BCUT2D eigenvalue weighted by molar-refractivity contribution is 5.67. The van der Waals surface area contributed by atoms with Gasteiger partial charge in [0.25, 0.3) is 0 Å². The van der Waals surface area contributed by atoms with E-state index in [1.807, 2.05) is 4.68 Å². The normalized spacial score (nSPS) is 37.5. The Kier molecular flexibility index (Phi) is 3.01. The summed E-state index contributed by atoms with van der Waals surface area (Å²) in [4.78, 5) is 11.1. The third-order valence-corrected chi connectivity index (χ3v) is 5.93. The molecular formula is C15H22N4O2. The van der Waals surface area contributed by atoms with Crippen LogP contribution in [0.4, 0.5) is 0 Å². The second-order valence-electron chi connectivity index (χ2n) is 7.04. The number of hydrogen-bond donors (Lipinski definition) is 1. The predicted octanol–water partition coefficient (Wildman–Crippen LogP) is 2.25. The van der Waals surface area contributed by atoms with Crippen LogP contribution in [0.3, 0.4) is 0 Å². The predicted molar refractivity (Wildman–Crippen MR) is 74.6 cm³/mol. The number of carboxylic acid groups (broad SMARTS) is 1. The highest BCUT2D eigenvalue weighted by atomic mass is 16.4. The molecule has 6 heteroatoms. The lowest BCUT2D eigenvalue weighted by Gasteiger charge is -2.17. The molecule has 0 saturated heterocycles. The second-order valence-corrected chi connectivity index (χ2v) is 7.04. The third kappa shape index (κ3) is 1.99. The Morgan fingerprint density at radius 3 is 2.71 bits per heavy atom.